The van der Waals surface area contributed by atoms with Crippen LogP contribution in [0.4, 0.5) is 10.5 Å². The number of amides is 2. The number of nitrogens with two attached hydrogens (primary N) is 1. The number of hydrogen-bond donors (Lipinski definition) is 1. The minimum Gasteiger partial charge on any atom is -0.493 e. The van der Waals surface area contributed by atoms with Crippen LogP contribution in [0.15, 0.2) is 65.4 Å². The quantitative estimate of drug-likeness (QED) is 0.205. The van der Waals surface area contributed by atoms with Crippen LogP contribution in [0, 0.1) is 12.8 Å². The van der Waals surface area contributed by atoms with Gasteiger partial charge in [-0.2, -0.15) is 5.10 Å². The second-order valence-corrected chi connectivity index (χ2v) is 11.9. The van der Waals surface area contributed by atoms with Crippen LogP contribution in [-0.2, 0) is 4.74 Å². The molecule has 1 aliphatic rings. The van der Waals surface area contributed by atoms with Crippen molar-refractivity contribution >= 4 is 23.9 Å². The summed E-state index contributed by atoms with van der Waals surface area (Å²) < 4.78 is 11.6. The van der Waals surface area contributed by atoms with Crippen molar-refractivity contribution in [3.63, 3.8) is 0 Å². The number of ether oxygens (including phenoxy) is 2. The smallest absolute Gasteiger partial charge is 0.410 e. The highest BCUT2D eigenvalue weighted by Gasteiger charge is 2.26. The molecule has 2 amide bonds. The van der Waals surface area contributed by atoms with E-state index in [4.69, 9.17) is 15.2 Å². The minimum absolute atomic E-state index is 0.133. The number of piperidine rings is 1. The first-order valence-corrected chi connectivity index (χ1v) is 14.7. The topological polar surface area (TPSA) is 101 Å². The number of benzene rings is 2. The van der Waals surface area contributed by atoms with Crippen LogP contribution < -0.4 is 15.4 Å². The third-order valence-electron chi connectivity index (χ3n) is 7.02. The average Bonchev–Trinajstić information content (AvgIpc) is 2.95. The van der Waals surface area contributed by atoms with Gasteiger partial charge in [0.1, 0.15) is 11.4 Å². The van der Waals surface area contributed by atoms with Gasteiger partial charge in [-0.05, 0) is 95.2 Å². The summed E-state index contributed by atoms with van der Waals surface area (Å²) in [5, 5.41) is 5.95. The van der Waals surface area contributed by atoms with Crippen LogP contribution in [-0.4, -0.2) is 74.1 Å². The zero-order chi connectivity index (χ0) is 30.7. The van der Waals surface area contributed by atoms with Crippen molar-refractivity contribution in [1.29, 1.82) is 0 Å². The Morgan fingerprint density at radius 3 is 2.38 bits per heavy atom. The average molecular weight is 578 g/mol. The maximum Gasteiger partial charge on any atom is 0.410 e. The fourth-order valence-electron chi connectivity index (χ4n) is 4.78. The third kappa shape index (κ3) is 10.1. The fourth-order valence-corrected chi connectivity index (χ4v) is 4.78. The predicted molar refractivity (Wildman–Crippen MR) is 169 cm³/mol. The van der Waals surface area contributed by atoms with Gasteiger partial charge in [0.2, 0.25) is 0 Å². The van der Waals surface area contributed by atoms with Gasteiger partial charge in [0.15, 0.2) is 0 Å². The van der Waals surface area contributed by atoms with Crippen LogP contribution in [0.25, 0.3) is 0 Å². The van der Waals surface area contributed by atoms with Crippen molar-refractivity contribution in [3.05, 3.63) is 71.4 Å². The number of rotatable bonds is 11. The van der Waals surface area contributed by atoms with E-state index in [9.17, 15) is 9.59 Å². The van der Waals surface area contributed by atoms with Gasteiger partial charge >= 0.3 is 6.09 Å². The number of anilines is 1. The van der Waals surface area contributed by atoms with Crippen molar-refractivity contribution in [3.8, 4) is 5.75 Å². The molecule has 0 saturated carbocycles. The second kappa shape index (κ2) is 15.3. The van der Waals surface area contributed by atoms with E-state index in [0.717, 1.165) is 55.8 Å². The van der Waals surface area contributed by atoms with E-state index in [1.165, 1.54) is 6.20 Å². The first kappa shape index (κ1) is 32.5. The number of hydrogen-bond acceptors (Lipinski definition) is 7. The van der Waals surface area contributed by atoms with Gasteiger partial charge in [-0.3, -0.25) is 4.79 Å². The monoisotopic (exact) mass is 577 g/mol. The van der Waals surface area contributed by atoms with E-state index in [0.29, 0.717) is 23.7 Å². The minimum atomic E-state index is -0.470. The Morgan fingerprint density at radius 2 is 1.79 bits per heavy atom. The zero-order valence-electron chi connectivity index (χ0n) is 26.0. The van der Waals surface area contributed by atoms with Gasteiger partial charge in [0.25, 0.3) is 5.91 Å². The summed E-state index contributed by atoms with van der Waals surface area (Å²) in [6.07, 6.45) is 6.87. The molecular weight excluding hydrogens is 530 g/mol. The summed E-state index contributed by atoms with van der Waals surface area (Å²) in [7, 11) is 3.66. The van der Waals surface area contributed by atoms with Gasteiger partial charge in [-0.15, -0.1) is 0 Å². The first-order valence-electron chi connectivity index (χ1n) is 14.7. The highest BCUT2D eigenvalue weighted by molar-refractivity contribution is 6.07. The van der Waals surface area contributed by atoms with E-state index >= 15 is 0 Å². The summed E-state index contributed by atoms with van der Waals surface area (Å²) in [6.45, 7) is 10.00. The van der Waals surface area contributed by atoms with Crippen molar-refractivity contribution in [2.75, 3.05) is 45.2 Å². The molecule has 3 rings (SSSR count). The largest absolute Gasteiger partial charge is 0.493 e. The summed E-state index contributed by atoms with van der Waals surface area (Å²) in [5.74, 6) is 1.22. The summed E-state index contributed by atoms with van der Waals surface area (Å²) in [5.41, 5.74) is 8.36. The second-order valence-electron chi connectivity index (χ2n) is 11.9. The Labute approximate surface area is 250 Å². The van der Waals surface area contributed by atoms with Gasteiger partial charge in [-0.25, -0.2) is 4.79 Å². The Morgan fingerprint density at radius 1 is 1.10 bits per heavy atom. The molecule has 2 aromatic rings. The normalized spacial score (nSPS) is 14.6. The Hall–Kier alpha value is -4.01. The number of para-hydroxylation sites is 1. The lowest BCUT2D eigenvalue weighted by Gasteiger charge is -2.33. The van der Waals surface area contributed by atoms with Gasteiger partial charge < -0.3 is 30.0 Å². The van der Waals surface area contributed by atoms with Crippen molar-refractivity contribution < 1.29 is 19.1 Å². The van der Waals surface area contributed by atoms with Crippen LogP contribution in [0.2, 0.25) is 0 Å². The first-order chi connectivity index (χ1) is 20.0. The molecule has 1 heterocycles. The molecule has 0 aliphatic carbocycles. The third-order valence-corrected chi connectivity index (χ3v) is 7.02. The molecule has 0 atom stereocenters. The van der Waals surface area contributed by atoms with E-state index in [1.807, 2.05) is 95.2 Å². The van der Waals surface area contributed by atoms with E-state index < -0.39 is 5.60 Å². The van der Waals surface area contributed by atoms with Crippen molar-refractivity contribution in [1.82, 2.24) is 9.91 Å². The number of nitrogens with zero attached hydrogens (tertiary/aromatic N) is 4. The molecule has 2 N–H and O–H groups in total. The van der Waals surface area contributed by atoms with Gasteiger partial charge in [0.05, 0.1) is 19.4 Å². The van der Waals surface area contributed by atoms with E-state index in [2.05, 4.69) is 5.10 Å². The fraction of sp³-hybridized carbons (Fsp3) is 0.485. The maximum absolute atomic E-state index is 13.7. The number of likely N-dealkylation sites (tertiary alicyclic amines) is 1. The molecule has 42 heavy (non-hydrogen) atoms. The zero-order valence-corrected chi connectivity index (χ0v) is 26.0. The molecular formula is C33H47N5O4. The Kier molecular flexibility index (Phi) is 11.8. The molecule has 1 saturated heterocycles. The van der Waals surface area contributed by atoms with E-state index in [1.54, 1.807) is 16.1 Å². The van der Waals surface area contributed by atoms with Crippen LogP contribution in [0.5, 0.6) is 5.75 Å². The van der Waals surface area contributed by atoms with Crippen LogP contribution in [0.1, 0.15) is 62.4 Å². The van der Waals surface area contributed by atoms with Gasteiger partial charge in [0, 0.05) is 50.2 Å². The molecule has 0 aromatic heterocycles. The molecule has 228 valence electrons. The number of aryl methyl sites for hydroxylation is 1. The molecule has 0 bridgehead atoms. The molecule has 0 spiro atoms. The lowest BCUT2D eigenvalue weighted by Crippen LogP contribution is -2.41. The summed E-state index contributed by atoms with van der Waals surface area (Å²) in [4.78, 5) is 29.5. The lowest BCUT2D eigenvalue weighted by molar-refractivity contribution is 0.0179. The standard InChI is InChI=1S/C33H47N5O4/c1-25-21-28(31(39)38(29-12-8-7-9-13-29)24-27(22-34)23-35-36(5)6)14-15-30(25)41-20-10-11-26-16-18-37(19-17-26)32(40)42-33(2,3)4/h7-9,12-15,21-23,26H,10-11,16-20,24,34H2,1-6H3/b27-22-,35-23-. The molecule has 9 heteroatoms. The predicted octanol–water partition coefficient (Wildman–Crippen LogP) is 5.84. The van der Waals surface area contributed by atoms with Crippen molar-refractivity contribution in [2.24, 2.45) is 16.8 Å². The molecule has 0 unspecified atom stereocenters. The summed E-state index contributed by atoms with van der Waals surface area (Å²) in [6, 6.07) is 15.1. The molecule has 1 fully saturated rings. The molecule has 0 radical (unpaired) electrons. The number of hydrazone groups is 1. The SMILES string of the molecule is Cc1cc(C(=O)N(CC(/C=N\N(C)C)=C\N)c2ccccc2)ccc1OCCCC1CCN(C(=O)OC(C)(C)C)CC1. The summed E-state index contributed by atoms with van der Waals surface area (Å²) >= 11 is 0. The highest BCUT2D eigenvalue weighted by atomic mass is 16.6. The highest BCUT2D eigenvalue weighted by Crippen LogP contribution is 2.26. The molecule has 2 aromatic carbocycles. The Balaban J connectivity index is 1.55. The van der Waals surface area contributed by atoms with Crippen molar-refractivity contribution in [2.45, 2.75) is 59.0 Å². The maximum atomic E-state index is 13.7. The van der Waals surface area contributed by atoms with E-state index in [-0.39, 0.29) is 18.5 Å². The Bertz CT molecular complexity index is 1230. The molecule has 9 nitrogen and oxygen atoms in total. The van der Waals surface area contributed by atoms with Crippen LogP contribution >= 0.6 is 0 Å². The number of carbonyl (C=O) groups is 2. The molecule has 1 aliphatic heterocycles. The lowest BCUT2D eigenvalue weighted by atomic mass is 9.92. The van der Waals surface area contributed by atoms with Crippen LogP contribution in [0.3, 0.4) is 0 Å². The van der Waals surface area contributed by atoms with Gasteiger partial charge in [-0.1, -0.05) is 18.2 Å². The number of carbonyl (C=O) groups excluding carboxylic acids is 2.